The van der Waals surface area contributed by atoms with Crippen molar-refractivity contribution in [2.45, 2.75) is 27.0 Å². The minimum Gasteiger partial charge on any atom is -0.493 e. The molecule has 0 fully saturated rings. The number of nitrogens with one attached hydrogen (secondary N) is 1. The van der Waals surface area contributed by atoms with Crippen molar-refractivity contribution in [1.82, 2.24) is 0 Å². The molecular weight excluding hydrogens is 378 g/mol. The van der Waals surface area contributed by atoms with Gasteiger partial charge in [-0.3, -0.25) is 0 Å². The van der Waals surface area contributed by atoms with Crippen LogP contribution >= 0.6 is 0 Å². The van der Waals surface area contributed by atoms with Crippen LogP contribution in [0.2, 0.25) is 0 Å². The predicted octanol–water partition coefficient (Wildman–Crippen LogP) is 5.37. The van der Waals surface area contributed by atoms with Gasteiger partial charge in [0, 0.05) is 17.8 Å². The van der Waals surface area contributed by atoms with Crippen molar-refractivity contribution < 1.29 is 19.0 Å². The van der Waals surface area contributed by atoms with Crippen LogP contribution in [0.15, 0.2) is 66.7 Å². The number of para-hydroxylation sites is 1. The number of aryl methyl sites for hydroxylation is 1. The number of hydrogen-bond acceptors (Lipinski definition) is 5. The van der Waals surface area contributed by atoms with Crippen molar-refractivity contribution in [3.05, 3.63) is 89.0 Å². The Hall–Kier alpha value is -3.47. The maximum absolute atomic E-state index is 11.8. The Morgan fingerprint density at radius 3 is 2.37 bits per heavy atom. The molecule has 3 aromatic rings. The Kier molecular flexibility index (Phi) is 7.33. The highest BCUT2D eigenvalue weighted by Gasteiger charge is 2.12. The third-order valence-corrected chi connectivity index (χ3v) is 4.79. The number of ether oxygens (including phenoxy) is 3. The van der Waals surface area contributed by atoms with Crippen molar-refractivity contribution in [3.8, 4) is 11.5 Å². The van der Waals surface area contributed by atoms with Crippen molar-refractivity contribution in [2.24, 2.45) is 0 Å². The fraction of sp³-hybridized carbons (Fsp3) is 0.240. The standard InChI is InChI=1S/C25H27NO4/c1-4-29-25(27)19-12-14-22(15-13-19)26-16-20-10-7-11-23(28-3)24(20)30-17-21-9-6-5-8-18(21)2/h5-15,26H,4,16-17H2,1-3H3. The second-order valence-corrected chi connectivity index (χ2v) is 6.82. The predicted molar refractivity (Wildman–Crippen MR) is 118 cm³/mol. The first-order valence-corrected chi connectivity index (χ1v) is 9.96. The molecule has 0 spiro atoms. The summed E-state index contributed by atoms with van der Waals surface area (Å²) < 4.78 is 16.7. The SMILES string of the molecule is CCOC(=O)c1ccc(NCc2cccc(OC)c2OCc2ccccc2C)cc1. The first kappa shape index (κ1) is 21.2. The van der Waals surface area contributed by atoms with E-state index in [9.17, 15) is 4.79 Å². The largest absolute Gasteiger partial charge is 0.493 e. The minimum atomic E-state index is -0.316. The summed E-state index contributed by atoms with van der Waals surface area (Å²) in [5.41, 5.74) is 4.74. The third-order valence-electron chi connectivity index (χ3n) is 4.79. The molecule has 3 rings (SSSR count). The third kappa shape index (κ3) is 5.32. The highest BCUT2D eigenvalue weighted by molar-refractivity contribution is 5.89. The summed E-state index contributed by atoms with van der Waals surface area (Å²) in [7, 11) is 1.64. The lowest BCUT2D eigenvalue weighted by atomic mass is 10.1. The van der Waals surface area contributed by atoms with Gasteiger partial charge in [0.2, 0.25) is 0 Å². The minimum absolute atomic E-state index is 0.316. The van der Waals surface area contributed by atoms with Crippen molar-refractivity contribution in [3.63, 3.8) is 0 Å². The van der Waals surface area contributed by atoms with Crippen LogP contribution < -0.4 is 14.8 Å². The molecule has 1 N–H and O–H groups in total. The molecule has 30 heavy (non-hydrogen) atoms. The van der Waals surface area contributed by atoms with Crippen LogP contribution in [0.5, 0.6) is 11.5 Å². The molecular formula is C25H27NO4. The molecule has 156 valence electrons. The lowest BCUT2D eigenvalue weighted by molar-refractivity contribution is 0.0526. The van der Waals surface area contributed by atoms with Crippen molar-refractivity contribution in [1.29, 1.82) is 0 Å². The average molecular weight is 405 g/mol. The van der Waals surface area contributed by atoms with Gasteiger partial charge in [0.05, 0.1) is 19.3 Å². The van der Waals surface area contributed by atoms with Gasteiger partial charge in [0.1, 0.15) is 6.61 Å². The van der Waals surface area contributed by atoms with Crippen LogP contribution in [-0.4, -0.2) is 19.7 Å². The molecule has 0 unspecified atom stereocenters. The van der Waals surface area contributed by atoms with Gasteiger partial charge in [-0.25, -0.2) is 4.79 Å². The number of rotatable bonds is 9. The van der Waals surface area contributed by atoms with Crippen LogP contribution in [0.4, 0.5) is 5.69 Å². The average Bonchev–Trinajstić information content (AvgIpc) is 2.77. The van der Waals surface area contributed by atoms with Gasteiger partial charge in [-0.05, 0) is 55.3 Å². The molecule has 0 bridgehead atoms. The van der Waals surface area contributed by atoms with E-state index in [1.54, 1.807) is 26.2 Å². The van der Waals surface area contributed by atoms with Crippen molar-refractivity contribution >= 4 is 11.7 Å². The highest BCUT2D eigenvalue weighted by Crippen LogP contribution is 2.32. The maximum atomic E-state index is 11.8. The number of hydrogen-bond donors (Lipinski definition) is 1. The van der Waals surface area contributed by atoms with Gasteiger partial charge >= 0.3 is 5.97 Å². The number of anilines is 1. The van der Waals surface area contributed by atoms with Gasteiger partial charge < -0.3 is 19.5 Å². The lowest BCUT2D eigenvalue weighted by Gasteiger charge is -2.17. The van der Waals surface area contributed by atoms with Crippen LogP contribution in [0.1, 0.15) is 34.0 Å². The van der Waals surface area contributed by atoms with E-state index in [4.69, 9.17) is 14.2 Å². The van der Waals surface area contributed by atoms with Crippen LogP contribution in [0, 0.1) is 6.92 Å². The molecule has 3 aromatic carbocycles. The Labute approximate surface area is 177 Å². The van der Waals surface area contributed by atoms with Crippen LogP contribution in [0.25, 0.3) is 0 Å². The number of esters is 1. The van der Waals surface area contributed by atoms with Crippen LogP contribution in [0.3, 0.4) is 0 Å². The van der Waals surface area contributed by atoms with E-state index in [0.717, 1.165) is 22.6 Å². The zero-order chi connectivity index (χ0) is 21.3. The molecule has 0 radical (unpaired) electrons. The smallest absolute Gasteiger partial charge is 0.338 e. The summed E-state index contributed by atoms with van der Waals surface area (Å²) in [6.45, 7) is 5.25. The molecule has 0 atom stereocenters. The Bertz CT molecular complexity index is 983. The maximum Gasteiger partial charge on any atom is 0.338 e. The van der Waals surface area contributed by atoms with Crippen LogP contribution in [-0.2, 0) is 17.9 Å². The fourth-order valence-corrected chi connectivity index (χ4v) is 3.08. The molecule has 0 saturated heterocycles. The molecule has 0 amide bonds. The molecule has 5 heteroatoms. The molecule has 0 saturated carbocycles. The van der Waals surface area contributed by atoms with Gasteiger partial charge in [-0.2, -0.15) is 0 Å². The van der Waals surface area contributed by atoms with E-state index in [1.165, 1.54) is 5.56 Å². The molecule has 0 aliphatic carbocycles. The normalized spacial score (nSPS) is 10.4. The Morgan fingerprint density at radius 1 is 0.933 bits per heavy atom. The highest BCUT2D eigenvalue weighted by atomic mass is 16.5. The quantitative estimate of drug-likeness (QED) is 0.485. The zero-order valence-corrected chi connectivity index (χ0v) is 17.6. The lowest BCUT2D eigenvalue weighted by Crippen LogP contribution is -2.07. The summed E-state index contributed by atoms with van der Waals surface area (Å²) in [4.78, 5) is 11.8. The van der Waals surface area contributed by atoms with Gasteiger partial charge in [-0.1, -0.05) is 36.4 Å². The number of carbonyl (C=O) groups excluding carboxylic acids is 1. The first-order valence-electron chi connectivity index (χ1n) is 9.96. The Morgan fingerprint density at radius 2 is 1.67 bits per heavy atom. The van der Waals surface area contributed by atoms with Gasteiger partial charge in [0.25, 0.3) is 0 Å². The molecule has 0 aliphatic rings. The summed E-state index contributed by atoms with van der Waals surface area (Å²) in [5.74, 6) is 1.10. The summed E-state index contributed by atoms with van der Waals surface area (Å²) in [6, 6.07) is 21.2. The molecule has 0 heterocycles. The first-order chi connectivity index (χ1) is 14.6. The van der Waals surface area contributed by atoms with E-state index in [-0.39, 0.29) is 5.97 Å². The van der Waals surface area contributed by atoms with E-state index in [1.807, 2.05) is 42.5 Å². The second kappa shape index (κ2) is 10.3. The van der Waals surface area contributed by atoms with E-state index in [2.05, 4.69) is 24.4 Å². The van der Waals surface area contributed by atoms with Gasteiger partial charge in [-0.15, -0.1) is 0 Å². The summed E-state index contributed by atoms with van der Waals surface area (Å²) in [5, 5.41) is 3.37. The van der Waals surface area contributed by atoms with Crippen molar-refractivity contribution in [2.75, 3.05) is 19.0 Å². The molecule has 5 nitrogen and oxygen atoms in total. The number of carbonyl (C=O) groups is 1. The number of benzene rings is 3. The molecule has 0 aliphatic heterocycles. The monoisotopic (exact) mass is 405 g/mol. The van der Waals surface area contributed by atoms with E-state index < -0.39 is 0 Å². The summed E-state index contributed by atoms with van der Waals surface area (Å²) >= 11 is 0. The topological polar surface area (TPSA) is 56.8 Å². The second-order valence-electron chi connectivity index (χ2n) is 6.82. The van der Waals surface area contributed by atoms with E-state index in [0.29, 0.717) is 31.1 Å². The number of methoxy groups -OCH3 is 1. The van der Waals surface area contributed by atoms with E-state index >= 15 is 0 Å². The summed E-state index contributed by atoms with van der Waals surface area (Å²) in [6.07, 6.45) is 0. The Balaban J connectivity index is 1.71. The fourth-order valence-electron chi connectivity index (χ4n) is 3.08. The van der Waals surface area contributed by atoms with Gasteiger partial charge in [0.15, 0.2) is 11.5 Å². The molecule has 0 aromatic heterocycles. The zero-order valence-electron chi connectivity index (χ0n) is 17.6.